The monoisotopic (exact) mass is 303 g/mol. The number of ether oxygens (including phenoxy) is 3. The van der Waals surface area contributed by atoms with Crippen molar-refractivity contribution in [2.24, 2.45) is 0 Å². The zero-order valence-corrected chi connectivity index (χ0v) is 12.8. The van der Waals surface area contributed by atoms with Gasteiger partial charge >= 0.3 is 0 Å². The van der Waals surface area contributed by atoms with E-state index in [1.54, 1.807) is 0 Å². The molecule has 1 saturated carbocycles. The molecule has 1 amide bonds. The van der Waals surface area contributed by atoms with Gasteiger partial charge in [-0.05, 0) is 37.5 Å². The molecule has 3 aliphatic rings. The number of nitrogens with zero attached hydrogens (tertiary/aromatic N) is 1. The maximum atomic E-state index is 12.5. The average molecular weight is 303 g/mol. The number of hydrogen-bond acceptors (Lipinski definition) is 4. The van der Waals surface area contributed by atoms with Gasteiger partial charge in [0.2, 0.25) is 0 Å². The molecule has 0 bridgehead atoms. The first kappa shape index (κ1) is 13.9. The molecule has 1 aliphatic carbocycles. The lowest BCUT2D eigenvalue weighted by Gasteiger charge is -2.29. The normalized spacial score (nSPS) is 24.3. The molecule has 0 N–H and O–H groups in total. The van der Waals surface area contributed by atoms with Crippen LogP contribution in [0.15, 0.2) is 18.2 Å². The number of hydrogen-bond donors (Lipinski definition) is 0. The minimum Gasteiger partial charge on any atom is -0.490 e. The van der Waals surface area contributed by atoms with E-state index >= 15 is 0 Å². The number of rotatable bonds is 4. The summed E-state index contributed by atoms with van der Waals surface area (Å²) in [5, 5.41) is 0. The average Bonchev–Trinajstić information content (AvgIpc) is 3.41. The highest BCUT2D eigenvalue weighted by Gasteiger charge is 2.43. The summed E-state index contributed by atoms with van der Waals surface area (Å²) in [6, 6.07) is 6.40. The van der Waals surface area contributed by atoms with Gasteiger partial charge in [0.25, 0.3) is 5.91 Å². The highest BCUT2D eigenvalue weighted by molar-refractivity contribution is 5.84. The van der Waals surface area contributed by atoms with Crippen LogP contribution in [0.25, 0.3) is 0 Å². The third-order valence-corrected chi connectivity index (χ3v) is 4.47. The van der Waals surface area contributed by atoms with Crippen molar-refractivity contribution in [2.75, 3.05) is 19.8 Å². The van der Waals surface area contributed by atoms with Gasteiger partial charge in [-0.25, -0.2) is 0 Å². The Bertz CT molecular complexity index is 580. The van der Waals surface area contributed by atoms with Crippen LogP contribution in [-0.2, 0) is 9.53 Å². The van der Waals surface area contributed by atoms with Crippen LogP contribution in [0.1, 0.15) is 37.8 Å². The Hall–Kier alpha value is -1.75. The summed E-state index contributed by atoms with van der Waals surface area (Å²) in [4.78, 5) is 14.5. The predicted molar refractivity (Wildman–Crippen MR) is 80.1 cm³/mol. The third kappa shape index (κ3) is 2.65. The summed E-state index contributed by atoms with van der Waals surface area (Å²) < 4.78 is 16.6. The highest BCUT2D eigenvalue weighted by atomic mass is 16.6. The maximum absolute atomic E-state index is 12.5. The van der Waals surface area contributed by atoms with Crippen LogP contribution in [0.3, 0.4) is 0 Å². The van der Waals surface area contributed by atoms with Gasteiger partial charge in [-0.3, -0.25) is 4.79 Å². The molecule has 1 saturated heterocycles. The van der Waals surface area contributed by atoms with E-state index in [4.69, 9.17) is 14.2 Å². The van der Waals surface area contributed by atoms with Crippen LogP contribution in [0.4, 0.5) is 0 Å². The minimum atomic E-state index is -0.219. The molecule has 22 heavy (non-hydrogen) atoms. The number of amides is 1. The highest BCUT2D eigenvalue weighted by Crippen LogP contribution is 2.39. The Balaban J connectivity index is 1.59. The van der Waals surface area contributed by atoms with E-state index in [0.29, 0.717) is 25.9 Å². The van der Waals surface area contributed by atoms with Gasteiger partial charge in [-0.1, -0.05) is 6.07 Å². The lowest BCUT2D eigenvalue weighted by Crippen LogP contribution is -2.38. The van der Waals surface area contributed by atoms with Crippen LogP contribution in [0, 0.1) is 0 Å². The Labute approximate surface area is 130 Å². The summed E-state index contributed by atoms with van der Waals surface area (Å²) >= 11 is 0. The van der Waals surface area contributed by atoms with Crippen molar-refractivity contribution in [3.05, 3.63) is 23.8 Å². The summed E-state index contributed by atoms with van der Waals surface area (Å²) in [7, 11) is 0. The second-order valence-electron chi connectivity index (χ2n) is 6.23. The molecule has 0 spiro atoms. The quantitative estimate of drug-likeness (QED) is 0.801. The van der Waals surface area contributed by atoms with Gasteiger partial charge in [0, 0.05) is 12.5 Å². The summed E-state index contributed by atoms with van der Waals surface area (Å²) in [6.45, 7) is 4.01. The fourth-order valence-electron chi connectivity index (χ4n) is 3.00. The number of carbonyl (C=O) groups excluding carboxylic acids is 1. The molecule has 0 aromatic heterocycles. The van der Waals surface area contributed by atoms with E-state index in [0.717, 1.165) is 36.3 Å². The van der Waals surface area contributed by atoms with Crippen molar-refractivity contribution < 1.29 is 19.0 Å². The number of benzene rings is 1. The van der Waals surface area contributed by atoms with Crippen molar-refractivity contribution in [3.8, 4) is 11.5 Å². The van der Waals surface area contributed by atoms with Crippen molar-refractivity contribution in [1.29, 1.82) is 0 Å². The number of epoxide rings is 1. The van der Waals surface area contributed by atoms with Gasteiger partial charge in [0.05, 0.1) is 25.9 Å². The molecule has 118 valence electrons. The second kappa shape index (κ2) is 5.47. The number of fused-ring (bicyclic) bond motifs is 1. The first-order valence-electron chi connectivity index (χ1n) is 8.07. The first-order chi connectivity index (χ1) is 10.7. The fourth-order valence-corrected chi connectivity index (χ4v) is 3.00. The topological polar surface area (TPSA) is 51.3 Å². The largest absolute Gasteiger partial charge is 0.490 e. The van der Waals surface area contributed by atoms with Crippen molar-refractivity contribution in [2.45, 2.75) is 44.4 Å². The molecular formula is C17H21NO4. The van der Waals surface area contributed by atoms with Crippen LogP contribution >= 0.6 is 0 Å². The fraction of sp³-hybridized carbons (Fsp3) is 0.588. The zero-order chi connectivity index (χ0) is 15.1. The zero-order valence-electron chi connectivity index (χ0n) is 12.8. The van der Waals surface area contributed by atoms with E-state index in [1.165, 1.54) is 0 Å². The smallest absolute Gasteiger partial charge is 0.254 e. The van der Waals surface area contributed by atoms with Crippen molar-refractivity contribution in [1.82, 2.24) is 4.90 Å². The second-order valence-corrected chi connectivity index (χ2v) is 6.23. The molecule has 0 radical (unpaired) electrons. The van der Waals surface area contributed by atoms with Gasteiger partial charge in [-0.15, -0.1) is 0 Å². The lowest BCUT2D eigenvalue weighted by atomic mass is 10.1. The number of carbonyl (C=O) groups is 1. The standard InChI is InChI=1S/C17H21NO4/c1-11(18(13-4-5-13)17(19)16-10-22-16)12-3-6-14-15(9-12)21-8-2-7-20-14/h3,6,9,11,13,16H,2,4-5,7-8,10H2,1H3. The molecular weight excluding hydrogens is 282 g/mol. The van der Waals surface area contributed by atoms with Gasteiger partial charge in [0.1, 0.15) is 0 Å². The SMILES string of the molecule is CC(c1ccc2c(c1)OCCCO2)N(C(=O)C1CO1)C1CC1. The summed E-state index contributed by atoms with van der Waals surface area (Å²) in [6.07, 6.45) is 2.86. The van der Waals surface area contributed by atoms with Gasteiger partial charge in [0.15, 0.2) is 17.6 Å². The molecule has 1 aromatic carbocycles. The molecule has 2 fully saturated rings. The molecule has 2 unspecified atom stereocenters. The Morgan fingerprint density at radius 1 is 1.23 bits per heavy atom. The van der Waals surface area contributed by atoms with E-state index in [-0.39, 0.29) is 18.1 Å². The lowest BCUT2D eigenvalue weighted by molar-refractivity contribution is -0.135. The van der Waals surface area contributed by atoms with E-state index in [2.05, 4.69) is 6.92 Å². The molecule has 1 aromatic rings. The maximum Gasteiger partial charge on any atom is 0.254 e. The van der Waals surface area contributed by atoms with Crippen molar-refractivity contribution >= 4 is 5.91 Å². The Morgan fingerprint density at radius 2 is 1.95 bits per heavy atom. The summed E-state index contributed by atoms with van der Waals surface area (Å²) in [5.41, 5.74) is 1.09. The van der Waals surface area contributed by atoms with Crippen LogP contribution in [-0.4, -0.2) is 42.8 Å². The first-order valence-corrected chi connectivity index (χ1v) is 8.07. The van der Waals surface area contributed by atoms with E-state index < -0.39 is 0 Å². The van der Waals surface area contributed by atoms with E-state index in [9.17, 15) is 4.79 Å². The molecule has 4 rings (SSSR count). The van der Waals surface area contributed by atoms with Gasteiger partial charge < -0.3 is 19.1 Å². The molecule has 5 nitrogen and oxygen atoms in total. The van der Waals surface area contributed by atoms with Gasteiger partial charge in [-0.2, -0.15) is 0 Å². The summed E-state index contributed by atoms with van der Waals surface area (Å²) in [5.74, 6) is 1.71. The molecule has 2 atom stereocenters. The van der Waals surface area contributed by atoms with Crippen LogP contribution < -0.4 is 9.47 Å². The molecule has 2 heterocycles. The van der Waals surface area contributed by atoms with E-state index in [1.807, 2.05) is 23.1 Å². The van der Waals surface area contributed by atoms with Crippen LogP contribution in [0.5, 0.6) is 11.5 Å². The molecule has 5 heteroatoms. The Kier molecular flexibility index (Phi) is 3.45. The van der Waals surface area contributed by atoms with Crippen molar-refractivity contribution in [3.63, 3.8) is 0 Å². The third-order valence-electron chi connectivity index (χ3n) is 4.47. The minimum absolute atomic E-state index is 0.0290. The predicted octanol–water partition coefficient (Wildman–Crippen LogP) is 2.30. The van der Waals surface area contributed by atoms with Crippen LogP contribution in [0.2, 0.25) is 0 Å². The Morgan fingerprint density at radius 3 is 2.64 bits per heavy atom. The molecule has 2 aliphatic heterocycles.